The van der Waals surface area contributed by atoms with Crippen LogP contribution in [0, 0.1) is 18.9 Å². The predicted octanol–water partition coefficient (Wildman–Crippen LogP) is 3.09. The molecule has 5 atom stereocenters. The van der Waals surface area contributed by atoms with Crippen molar-refractivity contribution in [3.8, 4) is 0 Å². The van der Waals surface area contributed by atoms with Gasteiger partial charge in [-0.2, -0.15) is 0 Å². The van der Waals surface area contributed by atoms with Gasteiger partial charge in [0.2, 0.25) is 23.6 Å². The molecule has 4 amide bonds. The summed E-state index contributed by atoms with van der Waals surface area (Å²) in [5.74, 6) is -1.97. The van der Waals surface area contributed by atoms with E-state index in [1.54, 1.807) is 6.92 Å². The van der Waals surface area contributed by atoms with Crippen molar-refractivity contribution in [1.82, 2.24) is 25.8 Å². The van der Waals surface area contributed by atoms with Gasteiger partial charge in [0.25, 0.3) is 0 Å². The van der Waals surface area contributed by atoms with Gasteiger partial charge >= 0.3 is 0 Å². The molecule has 3 N–H and O–H groups in total. The summed E-state index contributed by atoms with van der Waals surface area (Å²) in [5.41, 5.74) is 0.881. The molecule has 12 nitrogen and oxygen atoms in total. The van der Waals surface area contributed by atoms with E-state index in [1.165, 1.54) is 0 Å². The van der Waals surface area contributed by atoms with Crippen LogP contribution in [0.25, 0.3) is 0 Å². The summed E-state index contributed by atoms with van der Waals surface area (Å²) in [6.45, 7) is 12.3. The molecular formula is C41H58N5O7. The molecule has 1 radical (unpaired) electrons. The molecule has 289 valence electrons. The minimum atomic E-state index is -1.06. The molecule has 0 bridgehead atoms. The fourth-order valence-electron chi connectivity index (χ4n) is 6.51. The Hall–Kier alpha value is -4.13. The van der Waals surface area contributed by atoms with Crippen LogP contribution < -0.4 is 16.0 Å². The average Bonchev–Trinajstić information content (AvgIpc) is 3.89. The summed E-state index contributed by atoms with van der Waals surface area (Å²) in [5, 5.41) is 8.76. The van der Waals surface area contributed by atoms with Crippen molar-refractivity contribution in [2.24, 2.45) is 11.8 Å². The number of epoxide rings is 1. The normalized spacial score (nSPS) is 19.5. The van der Waals surface area contributed by atoms with Crippen molar-refractivity contribution in [2.45, 2.75) is 96.5 Å². The highest BCUT2D eigenvalue weighted by molar-refractivity contribution is 5.99. The third kappa shape index (κ3) is 13.0. The van der Waals surface area contributed by atoms with Crippen LogP contribution in [0.4, 0.5) is 0 Å². The molecule has 0 saturated carbocycles. The Labute approximate surface area is 314 Å². The number of hydrogen-bond acceptors (Lipinski definition) is 8. The molecule has 2 aliphatic heterocycles. The molecule has 0 spiro atoms. The van der Waals surface area contributed by atoms with Crippen LogP contribution in [-0.2, 0) is 46.3 Å². The van der Waals surface area contributed by atoms with E-state index in [-0.39, 0.29) is 42.9 Å². The van der Waals surface area contributed by atoms with Crippen LogP contribution in [0.1, 0.15) is 65.0 Å². The van der Waals surface area contributed by atoms with Gasteiger partial charge < -0.3 is 30.3 Å². The summed E-state index contributed by atoms with van der Waals surface area (Å²) in [7, 11) is 4.07. The molecule has 2 saturated heterocycles. The van der Waals surface area contributed by atoms with Crippen LogP contribution in [0.15, 0.2) is 60.7 Å². The van der Waals surface area contributed by atoms with Gasteiger partial charge in [0, 0.05) is 26.6 Å². The predicted molar refractivity (Wildman–Crippen MR) is 202 cm³/mol. The van der Waals surface area contributed by atoms with Gasteiger partial charge in [0.05, 0.1) is 32.4 Å². The second-order valence-corrected chi connectivity index (χ2v) is 15.3. The molecule has 2 heterocycles. The molecule has 53 heavy (non-hydrogen) atoms. The van der Waals surface area contributed by atoms with Gasteiger partial charge in [-0.05, 0) is 55.6 Å². The van der Waals surface area contributed by atoms with E-state index in [4.69, 9.17) is 9.47 Å². The zero-order valence-electron chi connectivity index (χ0n) is 32.0. The molecular weight excluding hydrogens is 674 g/mol. The molecule has 2 aliphatic rings. The highest BCUT2D eigenvalue weighted by Crippen LogP contribution is 2.30. The summed E-state index contributed by atoms with van der Waals surface area (Å²) in [6, 6.07) is 15.1. The number of benzene rings is 2. The van der Waals surface area contributed by atoms with E-state index in [0.29, 0.717) is 52.2 Å². The molecule has 0 aliphatic carbocycles. The summed E-state index contributed by atoms with van der Waals surface area (Å²) < 4.78 is 10.8. The Bertz CT molecular complexity index is 1510. The minimum Gasteiger partial charge on any atom is -0.379 e. The van der Waals surface area contributed by atoms with Gasteiger partial charge in [0.1, 0.15) is 23.7 Å². The fraction of sp³-hybridized carbons (Fsp3) is 0.561. The zero-order valence-corrected chi connectivity index (χ0v) is 32.0. The van der Waals surface area contributed by atoms with Gasteiger partial charge in [-0.1, -0.05) is 88.4 Å². The van der Waals surface area contributed by atoms with E-state index in [2.05, 4.69) is 23.0 Å². The molecule has 0 aromatic heterocycles. The molecule has 12 heteroatoms. The van der Waals surface area contributed by atoms with Crippen LogP contribution in [-0.4, -0.2) is 108 Å². The fourth-order valence-corrected chi connectivity index (χ4v) is 6.51. The molecule has 2 aromatic carbocycles. The van der Waals surface area contributed by atoms with Gasteiger partial charge in [-0.3, -0.25) is 28.9 Å². The number of Topliss-reactive ketones (excluding diaryl/α,β-unsaturated/α-hetero) is 1. The zero-order chi connectivity index (χ0) is 38.5. The van der Waals surface area contributed by atoms with Crippen molar-refractivity contribution >= 4 is 29.4 Å². The van der Waals surface area contributed by atoms with Crippen molar-refractivity contribution in [1.29, 1.82) is 0 Å². The first-order valence-electron chi connectivity index (χ1n) is 18.9. The molecule has 0 unspecified atom stereocenters. The number of rotatable bonds is 20. The number of carbonyl (C=O) groups is 5. The molecule has 2 aromatic rings. The Morgan fingerprint density at radius 1 is 0.792 bits per heavy atom. The maximum absolute atomic E-state index is 14.3. The lowest BCUT2D eigenvalue weighted by Gasteiger charge is -2.33. The number of nitrogens with zero attached hydrogens (tertiary/aromatic N) is 2. The standard InChI is InChI=1S/C41H58N5O7/c1-28(2)23-33(37(48)41(5)27-53-41)43-38(49)34(25-31-15-11-8-12-16-31)44-39(50)35(24-29(3)4)45(6)40(51)32(18-17-30-13-9-7-10-14-30)42-36(47)26-46-19-21-52-22-20-46/h7-16,28-29,32-35H,6,17-27H2,1-5H3,(H,42,47)(H,43,49)(H,44,50)/t32-,33-,34-,35-,41+/m0/s1. The van der Waals surface area contributed by atoms with Gasteiger partial charge in [-0.25, -0.2) is 0 Å². The van der Waals surface area contributed by atoms with E-state index < -0.39 is 47.5 Å². The smallest absolute Gasteiger partial charge is 0.245 e. The maximum Gasteiger partial charge on any atom is 0.245 e. The first kappa shape index (κ1) is 41.6. The second-order valence-electron chi connectivity index (χ2n) is 15.3. The number of nitrogens with one attached hydrogen (secondary N) is 3. The second kappa shape index (κ2) is 19.8. The largest absolute Gasteiger partial charge is 0.379 e. The van der Waals surface area contributed by atoms with Crippen molar-refractivity contribution in [2.75, 3.05) is 39.5 Å². The highest BCUT2D eigenvalue weighted by Gasteiger charge is 2.50. The average molecular weight is 733 g/mol. The third-order valence-electron chi connectivity index (χ3n) is 9.68. The minimum absolute atomic E-state index is 0.0183. The van der Waals surface area contributed by atoms with Crippen LogP contribution >= 0.6 is 0 Å². The van der Waals surface area contributed by atoms with Crippen LogP contribution in [0.3, 0.4) is 0 Å². The Morgan fingerprint density at radius 2 is 1.36 bits per heavy atom. The Balaban J connectivity index is 1.55. The Morgan fingerprint density at radius 3 is 1.92 bits per heavy atom. The number of ether oxygens (including phenoxy) is 2. The maximum atomic E-state index is 14.3. The monoisotopic (exact) mass is 732 g/mol. The summed E-state index contributed by atoms with van der Waals surface area (Å²) >= 11 is 0. The quantitative estimate of drug-likeness (QED) is 0.176. The van der Waals surface area contributed by atoms with Crippen molar-refractivity contribution < 1.29 is 33.4 Å². The highest BCUT2D eigenvalue weighted by atomic mass is 16.6. The SMILES string of the molecule is [CH2]N(C(=O)[C@H](CCc1ccccc1)NC(=O)CN1CCOCC1)[C@@H](CC(C)C)C(=O)N[C@@H](Cc1ccccc1)C(=O)N[C@@H](CC(C)C)C(=O)[C@@]1(C)CO1. The lowest BCUT2D eigenvalue weighted by Crippen LogP contribution is -2.59. The number of hydrogen-bond donors (Lipinski definition) is 3. The molecule has 4 rings (SSSR count). The van der Waals surface area contributed by atoms with Crippen LogP contribution in [0.5, 0.6) is 0 Å². The van der Waals surface area contributed by atoms with Crippen molar-refractivity contribution in [3.63, 3.8) is 0 Å². The van der Waals surface area contributed by atoms with E-state index in [0.717, 1.165) is 16.0 Å². The first-order valence-corrected chi connectivity index (χ1v) is 18.9. The number of morpholine rings is 1. The lowest BCUT2D eigenvalue weighted by atomic mass is 9.93. The summed E-state index contributed by atoms with van der Waals surface area (Å²) in [4.78, 5) is 72.3. The van der Waals surface area contributed by atoms with Crippen molar-refractivity contribution in [3.05, 3.63) is 78.8 Å². The summed E-state index contributed by atoms with van der Waals surface area (Å²) in [6.07, 6.45) is 1.65. The van der Waals surface area contributed by atoms with Gasteiger partial charge in [0.15, 0.2) is 5.78 Å². The third-order valence-corrected chi connectivity index (χ3v) is 9.68. The topological polar surface area (TPSA) is 150 Å². The number of amides is 4. The van der Waals surface area contributed by atoms with E-state index in [1.807, 2.05) is 93.3 Å². The lowest BCUT2D eigenvalue weighted by molar-refractivity contribution is -0.142. The van der Waals surface area contributed by atoms with Crippen LogP contribution in [0.2, 0.25) is 0 Å². The molecule has 2 fully saturated rings. The Kier molecular flexibility index (Phi) is 15.6. The first-order chi connectivity index (χ1) is 25.3. The number of carbonyl (C=O) groups excluding carboxylic acids is 5. The van der Waals surface area contributed by atoms with E-state index >= 15 is 0 Å². The van der Waals surface area contributed by atoms with Gasteiger partial charge in [-0.15, -0.1) is 0 Å². The van der Waals surface area contributed by atoms with E-state index in [9.17, 15) is 24.0 Å². The number of aryl methyl sites for hydroxylation is 1. The number of ketones is 1.